The molecule has 308 valence electrons. The summed E-state index contributed by atoms with van der Waals surface area (Å²) >= 11 is 0.965. The smallest absolute Gasteiger partial charge is 0.291 e. The van der Waals surface area contributed by atoms with Gasteiger partial charge in [-0.15, -0.1) is 0 Å². The van der Waals surface area contributed by atoms with E-state index in [0.717, 1.165) is 49.1 Å². The van der Waals surface area contributed by atoms with E-state index in [4.69, 9.17) is 0 Å². The van der Waals surface area contributed by atoms with Gasteiger partial charge in [0.25, 0.3) is 11.4 Å². The number of benzene rings is 4. The van der Waals surface area contributed by atoms with Gasteiger partial charge in [-0.2, -0.15) is 0 Å². The monoisotopic (exact) mass is 816 g/mol. The molecular weight excluding hydrogens is 765 g/mol. The van der Waals surface area contributed by atoms with Crippen molar-refractivity contribution in [3.05, 3.63) is 127 Å². The lowest BCUT2D eigenvalue weighted by molar-refractivity contribution is -0.387. The lowest BCUT2D eigenvalue weighted by Gasteiger charge is -2.31. The van der Waals surface area contributed by atoms with Gasteiger partial charge in [-0.05, 0) is 83.6 Å². The van der Waals surface area contributed by atoms with Crippen molar-refractivity contribution in [2.75, 3.05) is 66.5 Å². The van der Waals surface area contributed by atoms with Gasteiger partial charge in [-0.25, -0.2) is 0 Å². The van der Waals surface area contributed by atoms with E-state index in [2.05, 4.69) is 9.80 Å². The fourth-order valence-corrected chi connectivity index (χ4v) is 8.76. The van der Waals surface area contributed by atoms with Gasteiger partial charge in [0, 0.05) is 64.5 Å². The Bertz CT molecular complexity index is 2130. The van der Waals surface area contributed by atoms with E-state index < -0.39 is 9.85 Å². The summed E-state index contributed by atoms with van der Waals surface area (Å²) < 4.78 is 0. The van der Waals surface area contributed by atoms with Crippen LogP contribution >= 0.6 is 11.8 Å². The molecule has 0 aromatic heterocycles. The van der Waals surface area contributed by atoms with Crippen molar-refractivity contribution in [2.45, 2.75) is 49.3 Å². The highest BCUT2D eigenvalue weighted by Crippen LogP contribution is 2.50. The first-order valence-electron chi connectivity index (χ1n) is 20.0. The average Bonchev–Trinajstić information content (AvgIpc) is 3.22. The summed E-state index contributed by atoms with van der Waals surface area (Å²) in [5.41, 5.74) is 4.30. The Morgan fingerprint density at radius 3 is 1.27 bits per heavy atom. The quantitative estimate of drug-likeness (QED) is 0.0782. The van der Waals surface area contributed by atoms with Crippen LogP contribution in [0.25, 0.3) is 34.4 Å². The van der Waals surface area contributed by atoms with Crippen LogP contribution in [0.15, 0.2) is 94.7 Å². The zero-order chi connectivity index (χ0) is 42.4. The Morgan fingerprint density at radius 2 is 0.932 bits per heavy atom. The third kappa shape index (κ3) is 9.81. The number of likely N-dealkylation sites (N-methyl/N-ethyl adjacent to an activating group) is 2. The second-order valence-electron chi connectivity index (χ2n) is 15.8. The number of piperazine rings is 2. The molecule has 2 aliphatic heterocycles. The molecule has 2 aliphatic rings. The van der Waals surface area contributed by atoms with Crippen LogP contribution in [-0.2, 0) is 9.59 Å². The summed E-state index contributed by atoms with van der Waals surface area (Å²) in [7, 11) is 4.03. The van der Waals surface area contributed by atoms with Crippen LogP contribution in [0.4, 0.5) is 11.4 Å². The van der Waals surface area contributed by atoms with Gasteiger partial charge in [0.2, 0.25) is 11.8 Å². The molecule has 2 amide bonds. The van der Waals surface area contributed by atoms with Gasteiger partial charge in [-0.3, -0.25) is 29.8 Å². The van der Waals surface area contributed by atoms with Crippen LogP contribution in [0, 0.1) is 20.2 Å². The van der Waals surface area contributed by atoms with Crippen molar-refractivity contribution >= 4 is 47.1 Å². The number of nitro benzene ring substituents is 2. The summed E-state index contributed by atoms with van der Waals surface area (Å²) in [6, 6.07) is 21.7. The molecule has 2 saturated heterocycles. The Hall–Kier alpha value is -5.63. The zero-order valence-electron chi connectivity index (χ0n) is 34.6. The van der Waals surface area contributed by atoms with Crippen molar-refractivity contribution in [1.82, 2.24) is 19.6 Å². The molecule has 0 spiro atoms. The molecule has 2 heterocycles. The topological polar surface area (TPSA) is 133 Å². The molecule has 0 aliphatic carbocycles. The third-order valence-corrected chi connectivity index (χ3v) is 12.2. The highest BCUT2D eigenvalue weighted by Gasteiger charge is 2.31. The van der Waals surface area contributed by atoms with Gasteiger partial charge in [0.1, 0.15) is 0 Å². The summed E-state index contributed by atoms with van der Waals surface area (Å²) in [6.45, 7) is 13.4. The number of carbonyl (C=O) groups is 2. The van der Waals surface area contributed by atoms with Crippen molar-refractivity contribution in [3.8, 4) is 22.3 Å². The van der Waals surface area contributed by atoms with Crippen molar-refractivity contribution < 1.29 is 19.4 Å². The number of nitro groups is 2. The SMILES string of the molecule is CC(C)c1ccccc1-c1c(C=CC(=O)N2CCN(C)CC2)ccc(Sc2ccc(C=CC(=O)N3CCN(C)CC3)c(-c3ccccc3C(C)C)c2[N+](=O)[O-])c1[N+](=O)[O-]. The van der Waals surface area contributed by atoms with Gasteiger partial charge in [0.05, 0.1) is 30.8 Å². The second kappa shape index (κ2) is 19.0. The van der Waals surface area contributed by atoms with E-state index >= 15 is 0 Å². The van der Waals surface area contributed by atoms with Crippen LogP contribution in [0.5, 0.6) is 0 Å². The molecule has 4 aromatic carbocycles. The number of carbonyl (C=O) groups excluding carboxylic acids is 2. The molecule has 0 saturated carbocycles. The zero-order valence-corrected chi connectivity index (χ0v) is 35.4. The first-order chi connectivity index (χ1) is 28.2. The fourth-order valence-electron chi connectivity index (χ4n) is 7.71. The lowest BCUT2D eigenvalue weighted by Crippen LogP contribution is -2.46. The summed E-state index contributed by atoms with van der Waals surface area (Å²) in [6.07, 6.45) is 6.23. The largest absolute Gasteiger partial charge is 0.337 e. The van der Waals surface area contributed by atoms with Gasteiger partial charge in [0.15, 0.2) is 0 Å². The number of nitrogens with zero attached hydrogens (tertiary/aromatic N) is 6. The first kappa shape index (κ1) is 43.0. The molecule has 6 rings (SSSR count). The van der Waals surface area contributed by atoms with E-state index in [1.54, 1.807) is 46.2 Å². The van der Waals surface area contributed by atoms with E-state index in [1.807, 2.05) is 90.3 Å². The lowest BCUT2D eigenvalue weighted by atomic mass is 9.89. The summed E-state index contributed by atoms with van der Waals surface area (Å²) in [5, 5.41) is 26.7. The van der Waals surface area contributed by atoms with Gasteiger partial charge in [-0.1, -0.05) is 100 Å². The van der Waals surface area contributed by atoms with Crippen LogP contribution in [0.3, 0.4) is 0 Å². The first-order valence-corrected chi connectivity index (χ1v) is 20.9. The molecular formula is C46H52N6O6S. The molecule has 0 unspecified atom stereocenters. The summed E-state index contributed by atoms with van der Waals surface area (Å²) in [4.78, 5) is 60.8. The third-order valence-electron chi connectivity index (χ3n) is 11.1. The normalized spacial score (nSPS) is 15.5. The van der Waals surface area contributed by atoms with Gasteiger partial charge >= 0.3 is 0 Å². The summed E-state index contributed by atoms with van der Waals surface area (Å²) in [5.74, 6) is -0.323. The van der Waals surface area contributed by atoms with Crippen molar-refractivity contribution in [1.29, 1.82) is 0 Å². The minimum Gasteiger partial charge on any atom is -0.337 e. The van der Waals surface area contributed by atoms with E-state index in [-0.39, 0.29) is 44.8 Å². The molecule has 4 aromatic rings. The van der Waals surface area contributed by atoms with Crippen LogP contribution in [-0.4, -0.2) is 108 Å². The Morgan fingerprint density at radius 1 is 0.576 bits per heavy atom. The second-order valence-corrected chi connectivity index (χ2v) is 16.9. The highest BCUT2D eigenvalue weighted by molar-refractivity contribution is 7.99. The molecule has 2 fully saturated rings. The molecule has 0 bridgehead atoms. The predicted molar refractivity (Wildman–Crippen MR) is 236 cm³/mol. The maximum absolute atomic E-state index is 13.3. The van der Waals surface area contributed by atoms with Gasteiger partial charge < -0.3 is 19.6 Å². The van der Waals surface area contributed by atoms with Crippen molar-refractivity contribution in [3.63, 3.8) is 0 Å². The molecule has 59 heavy (non-hydrogen) atoms. The van der Waals surface area contributed by atoms with Crippen LogP contribution < -0.4 is 0 Å². The number of hydrogen-bond donors (Lipinski definition) is 0. The molecule has 0 atom stereocenters. The maximum Gasteiger partial charge on any atom is 0.291 e. The standard InChI is InChI=1S/C46H52N6O6S/c1-31(2)35-11-7-9-13-37(35)43-33(17-21-41(53)49-27-23-47(5)24-28-49)15-19-39(45(43)51(55)56)59-40-20-16-34(18-22-42(54)50-29-25-48(6)26-30-50)44(46(40)52(57)58)38-14-10-8-12-36(38)32(3)4/h7-22,31-32H,23-30H2,1-6H3. The van der Waals surface area contributed by atoms with E-state index in [0.29, 0.717) is 59.6 Å². The minimum atomic E-state index is -0.434. The molecule has 0 N–H and O–H groups in total. The number of rotatable bonds is 12. The fraction of sp³-hybridized carbons (Fsp3) is 0.348. The maximum atomic E-state index is 13.3. The van der Waals surface area contributed by atoms with Crippen molar-refractivity contribution in [2.24, 2.45) is 0 Å². The van der Waals surface area contributed by atoms with E-state index in [9.17, 15) is 29.8 Å². The number of hydrogen-bond acceptors (Lipinski definition) is 9. The molecule has 0 radical (unpaired) electrons. The average molecular weight is 817 g/mol. The number of amides is 2. The Balaban J connectivity index is 1.51. The highest BCUT2D eigenvalue weighted by atomic mass is 32.2. The Labute approximate surface area is 350 Å². The minimum absolute atomic E-state index is 0.0133. The molecule has 13 heteroatoms. The predicted octanol–water partition coefficient (Wildman–Crippen LogP) is 8.81. The van der Waals surface area contributed by atoms with Crippen LogP contribution in [0.2, 0.25) is 0 Å². The Kier molecular flexibility index (Phi) is 13.8. The van der Waals surface area contributed by atoms with E-state index in [1.165, 1.54) is 12.2 Å². The van der Waals surface area contributed by atoms with Crippen LogP contribution in [0.1, 0.15) is 61.8 Å². The molecule has 12 nitrogen and oxygen atoms in total.